The van der Waals surface area contributed by atoms with Crippen molar-refractivity contribution >= 4 is 16.9 Å². The SMILES string of the molecule is CN=C(NCCOc1ccccc1)NCCc1c[nH]c2cc(F)ccc12. The first-order valence-electron chi connectivity index (χ1n) is 8.64. The van der Waals surface area contributed by atoms with Crippen LogP contribution in [-0.2, 0) is 6.42 Å². The monoisotopic (exact) mass is 354 g/mol. The van der Waals surface area contributed by atoms with Gasteiger partial charge in [-0.05, 0) is 42.3 Å². The molecule has 3 aromatic rings. The summed E-state index contributed by atoms with van der Waals surface area (Å²) >= 11 is 0. The average Bonchev–Trinajstić information content (AvgIpc) is 3.06. The Morgan fingerprint density at radius 1 is 1.12 bits per heavy atom. The van der Waals surface area contributed by atoms with Crippen molar-refractivity contribution < 1.29 is 9.13 Å². The molecular weight excluding hydrogens is 331 g/mol. The summed E-state index contributed by atoms with van der Waals surface area (Å²) in [6.07, 6.45) is 2.74. The van der Waals surface area contributed by atoms with Crippen LogP contribution in [0.5, 0.6) is 5.75 Å². The van der Waals surface area contributed by atoms with Crippen LogP contribution in [0.4, 0.5) is 4.39 Å². The van der Waals surface area contributed by atoms with E-state index in [0.29, 0.717) is 13.2 Å². The molecule has 26 heavy (non-hydrogen) atoms. The van der Waals surface area contributed by atoms with Gasteiger partial charge in [-0.2, -0.15) is 0 Å². The van der Waals surface area contributed by atoms with Gasteiger partial charge < -0.3 is 20.4 Å². The number of hydrogen-bond acceptors (Lipinski definition) is 2. The topological polar surface area (TPSA) is 61.4 Å². The standard InChI is InChI=1S/C20H23FN4O/c1-22-20(24-11-12-26-17-5-3-2-4-6-17)23-10-9-15-14-25-19-13-16(21)7-8-18(15)19/h2-8,13-14,25H,9-12H2,1H3,(H2,22,23,24). The number of aliphatic imine (C=N–C) groups is 1. The summed E-state index contributed by atoms with van der Waals surface area (Å²) in [6.45, 7) is 1.93. The second kappa shape index (κ2) is 8.89. The number of aromatic nitrogens is 1. The van der Waals surface area contributed by atoms with Crippen LogP contribution in [0.2, 0.25) is 0 Å². The van der Waals surface area contributed by atoms with Gasteiger partial charge in [-0.15, -0.1) is 0 Å². The molecule has 0 spiro atoms. The van der Waals surface area contributed by atoms with Crippen molar-refractivity contribution in [1.29, 1.82) is 0 Å². The molecular formula is C20H23FN4O. The van der Waals surface area contributed by atoms with Gasteiger partial charge in [0.05, 0.1) is 6.54 Å². The maximum absolute atomic E-state index is 13.2. The van der Waals surface area contributed by atoms with Gasteiger partial charge in [-0.25, -0.2) is 4.39 Å². The van der Waals surface area contributed by atoms with E-state index in [2.05, 4.69) is 20.6 Å². The molecule has 1 heterocycles. The molecule has 0 radical (unpaired) electrons. The smallest absolute Gasteiger partial charge is 0.191 e. The summed E-state index contributed by atoms with van der Waals surface area (Å²) in [7, 11) is 1.74. The van der Waals surface area contributed by atoms with E-state index >= 15 is 0 Å². The van der Waals surface area contributed by atoms with Gasteiger partial charge in [0.15, 0.2) is 5.96 Å². The molecule has 0 atom stereocenters. The van der Waals surface area contributed by atoms with Crippen molar-refractivity contribution in [3.8, 4) is 5.75 Å². The van der Waals surface area contributed by atoms with Crippen LogP contribution >= 0.6 is 0 Å². The molecule has 1 aromatic heterocycles. The lowest BCUT2D eigenvalue weighted by atomic mass is 10.1. The lowest BCUT2D eigenvalue weighted by Crippen LogP contribution is -2.40. The fraction of sp³-hybridized carbons (Fsp3) is 0.250. The van der Waals surface area contributed by atoms with E-state index in [1.165, 1.54) is 12.1 Å². The predicted octanol–water partition coefficient (Wildman–Crippen LogP) is 3.09. The summed E-state index contributed by atoms with van der Waals surface area (Å²) in [5.41, 5.74) is 1.97. The van der Waals surface area contributed by atoms with E-state index in [9.17, 15) is 4.39 Å². The van der Waals surface area contributed by atoms with Crippen molar-refractivity contribution in [2.45, 2.75) is 6.42 Å². The minimum atomic E-state index is -0.230. The third kappa shape index (κ3) is 4.75. The van der Waals surface area contributed by atoms with Crippen molar-refractivity contribution in [2.24, 2.45) is 4.99 Å². The maximum Gasteiger partial charge on any atom is 0.191 e. The summed E-state index contributed by atoms with van der Waals surface area (Å²) in [6, 6.07) is 14.5. The highest BCUT2D eigenvalue weighted by molar-refractivity contribution is 5.83. The highest BCUT2D eigenvalue weighted by Gasteiger charge is 2.05. The number of para-hydroxylation sites is 1. The summed E-state index contributed by atoms with van der Waals surface area (Å²) in [5, 5.41) is 7.55. The Labute approximate surface area is 152 Å². The second-order valence-electron chi connectivity index (χ2n) is 5.84. The number of rotatable bonds is 7. The Balaban J connectivity index is 1.41. The van der Waals surface area contributed by atoms with Crippen LogP contribution in [-0.4, -0.2) is 37.7 Å². The van der Waals surface area contributed by atoms with Crippen LogP contribution in [0.25, 0.3) is 10.9 Å². The van der Waals surface area contributed by atoms with Crippen molar-refractivity contribution in [3.05, 3.63) is 66.1 Å². The van der Waals surface area contributed by atoms with Gasteiger partial charge in [0, 0.05) is 30.7 Å². The third-order valence-electron chi connectivity index (χ3n) is 4.05. The molecule has 0 bridgehead atoms. The first-order valence-corrected chi connectivity index (χ1v) is 8.64. The second-order valence-corrected chi connectivity index (χ2v) is 5.84. The maximum atomic E-state index is 13.2. The van der Waals surface area contributed by atoms with E-state index in [4.69, 9.17) is 4.74 Å². The molecule has 0 fully saturated rings. The highest BCUT2D eigenvalue weighted by Crippen LogP contribution is 2.19. The number of guanidine groups is 1. The van der Waals surface area contributed by atoms with Crippen LogP contribution in [0.15, 0.2) is 59.7 Å². The number of nitrogens with one attached hydrogen (secondary N) is 3. The molecule has 0 saturated heterocycles. The number of halogens is 1. The molecule has 0 unspecified atom stereocenters. The van der Waals surface area contributed by atoms with Gasteiger partial charge in [-0.1, -0.05) is 18.2 Å². The summed E-state index contributed by atoms with van der Waals surface area (Å²) < 4.78 is 18.9. The molecule has 3 rings (SSSR count). The lowest BCUT2D eigenvalue weighted by molar-refractivity contribution is 0.322. The van der Waals surface area contributed by atoms with Crippen molar-refractivity contribution in [1.82, 2.24) is 15.6 Å². The zero-order chi connectivity index (χ0) is 18.2. The average molecular weight is 354 g/mol. The molecule has 6 heteroatoms. The number of fused-ring (bicyclic) bond motifs is 1. The van der Waals surface area contributed by atoms with Gasteiger partial charge in [0.25, 0.3) is 0 Å². The lowest BCUT2D eigenvalue weighted by Gasteiger charge is -2.12. The molecule has 5 nitrogen and oxygen atoms in total. The van der Waals surface area contributed by atoms with Crippen molar-refractivity contribution in [3.63, 3.8) is 0 Å². The molecule has 0 aliphatic carbocycles. The molecule has 136 valence electrons. The zero-order valence-corrected chi connectivity index (χ0v) is 14.8. The van der Waals surface area contributed by atoms with Gasteiger partial charge in [-0.3, -0.25) is 4.99 Å². The van der Waals surface area contributed by atoms with E-state index in [1.807, 2.05) is 42.6 Å². The Morgan fingerprint density at radius 3 is 2.73 bits per heavy atom. The zero-order valence-electron chi connectivity index (χ0n) is 14.8. The predicted molar refractivity (Wildman–Crippen MR) is 103 cm³/mol. The summed E-state index contributed by atoms with van der Waals surface area (Å²) in [4.78, 5) is 7.32. The molecule has 0 aliphatic rings. The number of hydrogen-bond donors (Lipinski definition) is 3. The Hall–Kier alpha value is -3.02. The Bertz CT molecular complexity index is 861. The fourth-order valence-electron chi connectivity index (χ4n) is 2.76. The number of aromatic amines is 1. The van der Waals surface area contributed by atoms with Gasteiger partial charge >= 0.3 is 0 Å². The first-order chi connectivity index (χ1) is 12.8. The third-order valence-corrected chi connectivity index (χ3v) is 4.05. The van der Waals surface area contributed by atoms with Crippen molar-refractivity contribution in [2.75, 3.05) is 26.7 Å². The molecule has 3 N–H and O–H groups in total. The number of nitrogens with zero attached hydrogens (tertiary/aromatic N) is 1. The summed E-state index contributed by atoms with van der Waals surface area (Å²) in [5.74, 6) is 1.35. The molecule has 0 saturated carbocycles. The van der Waals surface area contributed by atoms with Gasteiger partial charge in [0.2, 0.25) is 0 Å². The number of benzene rings is 2. The number of H-pyrrole nitrogens is 1. The fourth-order valence-corrected chi connectivity index (χ4v) is 2.76. The van der Waals surface area contributed by atoms with E-state index < -0.39 is 0 Å². The molecule has 2 aromatic carbocycles. The Morgan fingerprint density at radius 2 is 1.92 bits per heavy atom. The van der Waals surface area contributed by atoms with Crippen LogP contribution in [0.1, 0.15) is 5.56 Å². The quantitative estimate of drug-likeness (QED) is 0.347. The highest BCUT2D eigenvalue weighted by atomic mass is 19.1. The normalized spacial score (nSPS) is 11.5. The van der Waals surface area contributed by atoms with E-state index in [-0.39, 0.29) is 5.82 Å². The van der Waals surface area contributed by atoms with E-state index in [0.717, 1.165) is 41.1 Å². The van der Waals surface area contributed by atoms with Crippen LogP contribution in [0, 0.1) is 5.82 Å². The first kappa shape index (κ1) is 17.8. The minimum absolute atomic E-state index is 0.230. The largest absolute Gasteiger partial charge is 0.492 e. The number of ether oxygens (including phenoxy) is 1. The van der Waals surface area contributed by atoms with Gasteiger partial charge in [0.1, 0.15) is 18.2 Å². The van der Waals surface area contributed by atoms with Crippen LogP contribution < -0.4 is 15.4 Å². The van der Waals surface area contributed by atoms with Crippen LogP contribution in [0.3, 0.4) is 0 Å². The molecule has 0 aliphatic heterocycles. The minimum Gasteiger partial charge on any atom is -0.492 e. The molecule has 0 amide bonds. The van der Waals surface area contributed by atoms with E-state index in [1.54, 1.807) is 7.05 Å². The Kier molecular flexibility index (Phi) is 6.09.